The number of carbonyl (C=O) groups excluding carboxylic acids is 5. The zero-order valence-corrected chi connectivity index (χ0v) is 30.9. The van der Waals surface area contributed by atoms with Crippen LogP contribution in [0.5, 0.6) is 0 Å². The molecule has 2 saturated heterocycles. The minimum absolute atomic E-state index is 0.0532. The lowest BCUT2D eigenvalue weighted by Gasteiger charge is -2.38. The Balaban J connectivity index is 0.806. The van der Waals surface area contributed by atoms with E-state index in [1.807, 2.05) is 48.5 Å². The second kappa shape index (κ2) is 14.5. The molecule has 4 aliphatic heterocycles. The number of nitrogens with one attached hydrogen (secondary N) is 2. The zero-order chi connectivity index (χ0) is 37.7. The van der Waals surface area contributed by atoms with Gasteiger partial charge in [0.05, 0.1) is 21.7 Å². The first-order valence-corrected chi connectivity index (χ1v) is 19.2. The van der Waals surface area contributed by atoms with Gasteiger partial charge in [-0.2, -0.15) is 5.26 Å². The second-order valence-corrected chi connectivity index (χ2v) is 15.6. The van der Waals surface area contributed by atoms with Crippen LogP contribution in [0.1, 0.15) is 99.1 Å². The summed E-state index contributed by atoms with van der Waals surface area (Å²) in [5, 5.41) is 15.1. The summed E-state index contributed by atoms with van der Waals surface area (Å²) in [5.74, 6) is -1.99. The van der Waals surface area contributed by atoms with Crippen molar-refractivity contribution in [2.45, 2.75) is 88.6 Å². The molecule has 5 aliphatic rings. The molecule has 12 nitrogen and oxygen atoms in total. The van der Waals surface area contributed by atoms with E-state index in [1.165, 1.54) is 0 Å². The summed E-state index contributed by atoms with van der Waals surface area (Å²) in [7, 11) is 2.05. The molecule has 3 aromatic rings. The lowest BCUT2D eigenvalue weighted by molar-refractivity contribution is -0.136. The van der Waals surface area contributed by atoms with E-state index in [2.05, 4.69) is 38.5 Å². The number of nitriles is 1. The number of nitrogens with zero attached hydrogens (tertiary/aromatic N) is 5. The minimum Gasteiger partial charge on any atom is -0.372 e. The van der Waals surface area contributed by atoms with E-state index in [-0.39, 0.29) is 30.7 Å². The molecule has 0 bridgehead atoms. The van der Waals surface area contributed by atoms with Gasteiger partial charge in [-0.15, -0.1) is 0 Å². The standard InChI is InChI=1S/C41H42ClN7O5/c1-46(32-9-4-25(21-43)35(42)20-32)29-10-5-28(6-11-29)44-38(51)24-2-7-30(8-3-24)47-16-14-31(15-17-47)48-22-26-18-33-34(19-27(26)23-48)41(54)49(40(33)53)36-12-13-37(50)45-39(36)52/h2-4,7-9,18-20,28-29,31,36H,5-6,10-17,22-23H2,1H3,(H,44,51)(H,45,50,52). The van der Waals surface area contributed by atoms with Crippen LogP contribution in [0.2, 0.25) is 5.02 Å². The Hall–Kier alpha value is -5.25. The van der Waals surface area contributed by atoms with Crippen molar-refractivity contribution < 1.29 is 24.0 Å². The van der Waals surface area contributed by atoms with Crippen molar-refractivity contribution >= 4 is 52.5 Å². The van der Waals surface area contributed by atoms with Crippen LogP contribution in [0.25, 0.3) is 0 Å². The SMILES string of the molecule is CN(c1ccc(C#N)c(Cl)c1)C1CCC(NC(=O)c2ccc(N3CCC(N4Cc5cc6c(cc5C4)C(=O)N(C4CCC(=O)NC4=O)C6=O)CC3)cc2)CC1. The van der Waals surface area contributed by atoms with E-state index in [0.29, 0.717) is 52.4 Å². The Bertz CT molecular complexity index is 2040. The van der Waals surface area contributed by atoms with Crippen LogP contribution in [0.3, 0.4) is 0 Å². The third-order valence-corrected chi connectivity index (χ3v) is 12.4. The second-order valence-electron chi connectivity index (χ2n) is 15.1. The summed E-state index contributed by atoms with van der Waals surface area (Å²) in [6.45, 7) is 3.15. The van der Waals surface area contributed by atoms with E-state index >= 15 is 0 Å². The molecular weight excluding hydrogens is 706 g/mol. The number of piperidine rings is 2. The van der Waals surface area contributed by atoms with Crippen molar-refractivity contribution in [3.8, 4) is 6.07 Å². The van der Waals surface area contributed by atoms with Gasteiger partial charge in [-0.3, -0.25) is 39.1 Å². The first-order valence-electron chi connectivity index (χ1n) is 18.8. The van der Waals surface area contributed by atoms with Gasteiger partial charge < -0.3 is 15.1 Å². The highest BCUT2D eigenvalue weighted by molar-refractivity contribution is 6.32. The summed E-state index contributed by atoms with van der Waals surface area (Å²) in [6.07, 6.45) is 5.85. The van der Waals surface area contributed by atoms with E-state index in [4.69, 9.17) is 11.6 Å². The zero-order valence-electron chi connectivity index (χ0n) is 30.1. The lowest BCUT2D eigenvalue weighted by atomic mass is 9.90. The maximum Gasteiger partial charge on any atom is 0.262 e. The quantitative estimate of drug-likeness (QED) is 0.327. The topological polar surface area (TPSA) is 146 Å². The molecule has 0 spiro atoms. The third kappa shape index (κ3) is 6.71. The number of hydrogen-bond acceptors (Lipinski definition) is 9. The molecule has 5 amide bonds. The Morgan fingerprint density at radius 3 is 2.11 bits per heavy atom. The number of anilines is 2. The molecule has 4 heterocycles. The van der Waals surface area contributed by atoms with Gasteiger partial charge in [0.2, 0.25) is 11.8 Å². The maximum atomic E-state index is 13.3. The van der Waals surface area contributed by atoms with Gasteiger partial charge in [0, 0.05) is 74.7 Å². The van der Waals surface area contributed by atoms with Crippen LogP contribution in [-0.2, 0) is 22.7 Å². The van der Waals surface area contributed by atoms with Crippen LogP contribution in [0.15, 0.2) is 54.6 Å². The number of hydrogen-bond donors (Lipinski definition) is 2. The number of fused-ring (bicyclic) bond motifs is 2. The van der Waals surface area contributed by atoms with Crippen molar-refractivity contribution in [1.82, 2.24) is 20.4 Å². The van der Waals surface area contributed by atoms with Gasteiger partial charge in [0.15, 0.2) is 0 Å². The monoisotopic (exact) mass is 747 g/mol. The Morgan fingerprint density at radius 1 is 0.870 bits per heavy atom. The Kier molecular flexibility index (Phi) is 9.62. The number of amides is 5. The molecule has 0 radical (unpaired) electrons. The van der Waals surface area contributed by atoms with Gasteiger partial charge >= 0.3 is 0 Å². The fraction of sp³-hybridized carbons (Fsp3) is 0.415. The van der Waals surface area contributed by atoms with Crippen molar-refractivity contribution in [3.63, 3.8) is 0 Å². The predicted octanol–water partition coefficient (Wildman–Crippen LogP) is 4.77. The number of benzene rings is 3. The van der Waals surface area contributed by atoms with Crippen molar-refractivity contribution in [2.24, 2.45) is 0 Å². The highest BCUT2D eigenvalue weighted by atomic mass is 35.5. The van der Waals surface area contributed by atoms with Gasteiger partial charge in [0.25, 0.3) is 17.7 Å². The maximum absolute atomic E-state index is 13.3. The summed E-state index contributed by atoms with van der Waals surface area (Å²) in [4.78, 5) is 71.9. The van der Waals surface area contributed by atoms with E-state index < -0.39 is 23.8 Å². The molecule has 1 aliphatic carbocycles. The molecule has 3 fully saturated rings. The normalized spacial score (nSPS) is 23.2. The third-order valence-electron chi connectivity index (χ3n) is 12.0. The molecule has 1 atom stereocenters. The van der Waals surface area contributed by atoms with Gasteiger partial charge in [-0.05, 0) is 111 Å². The van der Waals surface area contributed by atoms with Crippen LogP contribution < -0.4 is 20.4 Å². The van der Waals surface area contributed by atoms with E-state index in [0.717, 1.165) is 79.0 Å². The molecule has 0 aromatic heterocycles. The van der Waals surface area contributed by atoms with E-state index in [9.17, 15) is 29.2 Å². The fourth-order valence-electron chi connectivity index (χ4n) is 8.87. The Morgan fingerprint density at radius 2 is 1.52 bits per heavy atom. The summed E-state index contributed by atoms with van der Waals surface area (Å²) < 4.78 is 0. The first-order chi connectivity index (χ1) is 26.1. The summed E-state index contributed by atoms with van der Waals surface area (Å²) in [6, 6.07) is 19.0. The molecule has 1 unspecified atom stereocenters. The van der Waals surface area contributed by atoms with Crippen molar-refractivity contribution in [2.75, 3.05) is 29.9 Å². The minimum atomic E-state index is -0.965. The van der Waals surface area contributed by atoms with Crippen LogP contribution in [0.4, 0.5) is 11.4 Å². The number of halogens is 1. The Labute approximate surface area is 319 Å². The van der Waals surface area contributed by atoms with Crippen LogP contribution in [0, 0.1) is 11.3 Å². The highest BCUT2D eigenvalue weighted by Crippen LogP contribution is 2.36. The molecule has 1 saturated carbocycles. The summed E-state index contributed by atoms with van der Waals surface area (Å²) >= 11 is 6.26. The number of rotatable bonds is 7. The van der Waals surface area contributed by atoms with E-state index in [1.54, 1.807) is 6.07 Å². The molecule has 3 aromatic carbocycles. The van der Waals surface area contributed by atoms with Crippen LogP contribution >= 0.6 is 11.6 Å². The van der Waals surface area contributed by atoms with Gasteiger partial charge in [0.1, 0.15) is 12.1 Å². The van der Waals surface area contributed by atoms with Crippen LogP contribution in [-0.4, -0.2) is 83.6 Å². The largest absolute Gasteiger partial charge is 0.372 e. The fourth-order valence-corrected chi connectivity index (χ4v) is 9.08. The lowest BCUT2D eigenvalue weighted by Crippen LogP contribution is -2.54. The van der Waals surface area contributed by atoms with Crippen molar-refractivity contribution in [1.29, 1.82) is 5.26 Å². The number of imide groups is 2. The average Bonchev–Trinajstić information content (AvgIpc) is 3.71. The van der Waals surface area contributed by atoms with Crippen molar-refractivity contribution in [3.05, 3.63) is 93.0 Å². The number of carbonyl (C=O) groups is 5. The first kappa shape index (κ1) is 35.8. The van der Waals surface area contributed by atoms with Gasteiger partial charge in [-0.25, -0.2) is 0 Å². The molecular formula is C41H42ClN7O5. The predicted molar refractivity (Wildman–Crippen MR) is 202 cm³/mol. The molecule has 54 heavy (non-hydrogen) atoms. The summed E-state index contributed by atoms with van der Waals surface area (Å²) in [5.41, 5.74) is 5.93. The highest BCUT2D eigenvalue weighted by Gasteiger charge is 2.45. The molecule has 2 N–H and O–H groups in total. The average molecular weight is 748 g/mol. The molecule has 13 heteroatoms. The van der Waals surface area contributed by atoms with Gasteiger partial charge in [-0.1, -0.05) is 11.6 Å². The molecule has 278 valence electrons. The molecule has 8 rings (SSSR count). The smallest absolute Gasteiger partial charge is 0.262 e.